The molecule has 0 aromatic carbocycles. The molecule has 0 saturated carbocycles. The van der Waals surface area contributed by atoms with Gasteiger partial charge in [0, 0.05) is 22.4 Å². The summed E-state index contributed by atoms with van der Waals surface area (Å²) in [6.45, 7) is 9.85. The number of hydrogen-bond donors (Lipinski definition) is 0. The first kappa shape index (κ1) is 9.85. The van der Waals surface area contributed by atoms with E-state index in [1.165, 1.54) is 15.9 Å². The van der Waals surface area contributed by atoms with Crippen molar-refractivity contribution < 1.29 is 0 Å². The van der Waals surface area contributed by atoms with Crippen LogP contribution >= 0.6 is 15.9 Å². The maximum atomic E-state index is 3.59. The molecule has 0 radical (unpaired) electrons. The van der Waals surface area contributed by atoms with E-state index in [0.717, 1.165) is 6.54 Å². The third-order valence-corrected chi connectivity index (χ3v) is 2.80. The van der Waals surface area contributed by atoms with Gasteiger partial charge in [-0.25, -0.2) is 0 Å². The van der Waals surface area contributed by atoms with Crippen LogP contribution in [0.2, 0.25) is 0 Å². The van der Waals surface area contributed by atoms with Gasteiger partial charge in [0.2, 0.25) is 0 Å². The molecular weight excluding hydrogens is 214 g/mol. The van der Waals surface area contributed by atoms with E-state index in [1.807, 2.05) is 0 Å². The monoisotopic (exact) mass is 229 g/mol. The molecule has 12 heavy (non-hydrogen) atoms. The summed E-state index contributed by atoms with van der Waals surface area (Å²) >= 11 is 3.59. The molecule has 0 aliphatic rings. The van der Waals surface area contributed by atoms with Crippen LogP contribution in [0.15, 0.2) is 10.5 Å². The van der Waals surface area contributed by atoms with E-state index >= 15 is 0 Å². The second-order valence-electron chi connectivity index (χ2n) is 3.42. The van der Waals surface area contributed by atoms with Gasteiger partial charge in [-0.1, -0.05) is 13.8 Å². The molecule has 0 bridgehead atoms. The van der Waals surface area contributed by atoms with Crippen LogP contribution in [0.4, 0.5) is 0 Å². The Kier molecular flexibility index (Phi) is 2.99. The highest BCUT2D eigenvalue weighted by molar-refractivity contribution is 9.10. The molecule has 1 rings (SSSR count). The van der Waals surface area contributed by atoms with Crippen molar-refractivity contribution in [2.45, 2.75) is 40.2 Å². The number of nitrogens with zero attached hydrogens (tertiary/aromatic N) is 1. The smallest absolute Gasteiger partial charge is 0.0390 e. The largest absolute Gasteiger partial charge is 0.348 e. The maximum absolute atomic E-state index is 3.59. The average molecular weight is 230 g/mol. The van der Waals surface area contributed by atoms with Gasteiger partial charge in [-0.15, -0.1) is 0 Å². The third-order valence-electron chi connectivity index (χ3n) is 2.16. The van der Waals surface area contributed by atoms with Crippen LogP contribution in [0, 0.1) is 6.92 Å². The zero-order valence-electron chi connectivity index (χ0n) is 8.19. The van der Waals surface area contributed by atoms with Crippen LogP contribution in [-0.4, -0.2) is 4.57 Å². The fourth-order valence-electron chi connectivity index (χ4n) is 1.66. The Bertz CT molecular complexity index is 274. The molecule has 0 saturated heterocycles. The van der Waals surface area contributed by atoms with E-state index in [1.54, 1.807) is 0 Å². The SMILES string of the molecule is CCn1c(C)cc(Br)c1C(C)C. The standard InChI is InChI=1S/C10H16BrN/c1-5-12-8(4)6-9(11)10(12)7(2)3/h6-7H,5H2,1-4H3. The Morgan fingerprint density at radius 3 is 2.42 bits per heavy atom. The Labute approximate surface area is 82.9 Å². The Morgan fingerprint density at radius 2 is 2.08 bits per heavy atom. The highest BCUT2D eigenvalue weighted by atomic mass is 79.9. The van der Waals surface area contributed by atoms with Crippen LogP contribution in [0.5, 0.6) is 0 Å². The molecule has 1 aromatic rings. The Balaban J connectivity index is 3.23. The Hall–Kier alpha value is -0.240. The summed E-state index contributed by atoms with van der Waals surface area (Å²) in [5, 5.41) is 0. The molecule has 1 heterocycles. The zero-order valence-corrected chi connectivity index (χ0v) is 9.77. The molecule has 0 atom stereocenters. The summed E-state index contributed by atoms with van der Waals surface area (Å²) < 4.78 is 3.60. The van der Waals surface area contributed by atoms with Gasteiger partial charge < -0.3 is 4.57 Å². The molecule has 0 unspecified atom stereocenters. The van der Waals surface area contributed by atoms with Gasteiger partial charge in [0.15, 0.2) is 0 Å². The van der Waals surface area contributed by atoms with Gasteiger partial charge in [0.25, 0.3) is 0 Å². The lowest BCUT2D eigenvalue weighted by atomic mass is 10.1. The molecule has 0 spiro atoms. The molecule has 0 N–H and O–H groups in total. The van der Waals surface area contributed by atoms with E-state index < -0.39 is 0 Å². The summed E-state index contributed by atoms with van der Waals surface area (Å²) in [6, 6.07) is 2.19. The van der Waals surface area contributed by atoms with Crippen molar-refractivity contribution in [2.75, 3.05) is 0 Å². The lowest BCUT2D eigenvalue weighted by Crippen LogP contribution is -2.04. The van der Waals surface area contributed by atoms with Gasteiger partial charge in [-0.2, -0.15) is 0 Å². The molecule has 0 amide bonds. The van der Waals surface area contributed by atoms with Gasteiger partial charge in [-0.3, -0.25) is 0 Å². The first-order chi connectivity index (χ1) is 5.57. The summed E-state index contributed by atoms with van der Waals surface area (Å²) in [6.07, 6.45) is 0. The van der Waals surface area contributed by atoms with Gasteiger partial charge in [0.1, 0.15) is 0 Å². The highest BCUT2D eigenvalue weighted by Crippen LogP contribution is 2.28. The third kappa shape index (κ3) is 1.58. The zero-order chi connectivity index (χ0) is 9.30. The van der Waals surface area contributed by atoms with Crippen molar-refractivity contribution in [3.05, 3.63) is 21.9 Å². The number of halogens is 1. The molecule has 68 valence electrons. The number of aryl methyl sites for hydroxylation is 1. The quantitative estimate of drug-likeness (QED) is 0.729. The minimum absolute atomic E-state index is 0.591. The normalized spacial score (nSPS) is 11.2. The lowest BCUT2D eigenvalue weighted by Gasteiger charge is -2.12. The first-order valence-corrected chi connectivity index (χ1v) is 5.22. The fraction of sp³-hybridized carbons (Fsp3) is 0.600. The summed E-state index contributed by atoms with van der Waals surface area (Å²) in [5.74, 6) is 0.591. The van der Waals surface area contributed by atoms with Gasteiger partial charge >= 0.3 is 0 Å². The van der Waals surface area contributed by atoms with Crippen LogP contribution < -0.4 is 0 Å². The molecular formula is C10H16BrN. The summed E-state index contributed by atoms with van der Waals surface area (Å²) in [4.78, 5) is 0. The topological polar surface area (TPSA) is 4.93 Å². The first-order valence-electron chi connectivity index (χ1n) is 4.43. The molecule has 0 aliphatic carbocycles. The van der Waals surface area contributed by atoms with E-state index in [2.05, 4.69) is 54.3 Å². The predicted octanol–water partition coefficient (Wildman–Crippen LogP) is 3.70. The van der Waals surface area contributed by atoms with E-state index in [0.29, 0.717) is 5.92 Å². The minimum atomic E-state index is 0.591. The second kappa shape index (κ2) is 3.65. The van der Waals surface area contributed by atoms with Crippen LogP contribution in [0.3, 0.4) is 0 Å². The fourth-order valence-corrected chi connectivity index (χ4v) is 2.66. The van der Waals surface area contributed by atoms with Crippen LogP contribution in [0.25, 0.3) is 0 Å². The van der Waals surface area contributed by atoms with Crippen LogP contribution in [-0.2, 0) is 6.54 Å². The van der Waals surface area contributed by atoms with Crippen molar-refractivity contribution in [1.29, 1.82) is 0 Å². The van der Waals surface area contributed by atoms with Crippen LogP contribution in [0.1, 0.15) is 38.1 Å². The predicted molar refractivity (Wildman–Crippen MR) is 56.6 cm³/mol. The van der Waals surface area contributed by atoms with E-state index in [4.69, 9.17) is 0 Å². The summed E-state index contributed by atoms with van der Waals surface area (Å²) in [5.41, 5.74) is 2.75. The van der Waals surface area contributed by atoms with E-state index in [9.17, 15) is 0 Å². The van der Waals surface area contributed by atoms with E-state index in [-0.39, 0.29) is 0 Å². The minimum Gasteiger partial charge on any atom is -0.348 e. The molecule has 0 aliphatic heterocycles. The molecule has 1 aromatic heterocycles. The maximum Gasteiger partial charge on any atom is 0.0390 e. The number of hydrogen-bond acceptors (Lipinski definition) is 0. The average Bonchev–Trinajstić information content (AvgIpc) is 2.24. The highest BCUT2D eigenvalue weighted by Gasteiger charge is 2.12. The van der Waals surface area contributed by atoms with Gasteiger partial charge in [0.05, 0.1) is 0 Å². The van der Waals surface area contributed by atoms with Crippen molar-refractivity contribution in [2.24, 2.45) is 0 Å². The molecule has 2 heteroatoms. The van der Waals surface area contributed by atoms with Gasteiger partial charge in [-0.05, 0) is 41.8 Å². The Morgan fingerprint density at radius 1 is 1.50 bits per heavy atom. The lowest BCUT2D eigenvalue weighted by molar-refractivity contribution is 0.655. The van der Waals surface area contributed by atoms with Crippen molar-refractivity contribution in [1.82, 2.24) is 4.57 Å². The van der Waals surface area contributed by atoms with Crippen molar-refractivity contribution >= 4 is 15.9 Å². The second-order valence-corrected chi connectivity index (χ2v) is 4.27. The molecule has 1 nitrogen and oxygen atoms in total. The summed E-state index contributed by atoms with van der Waals surface area (Å²) in [7, 11) is 0. The number of rotatable bonds is 2. The van der Waals surface area contributed by atoms with Crippen molar-refractivity contribution in [3.63, 3.8) is 0 Å². The van der Waals surface area contributed by atoms with Crippen molar-refractivity contribution in [3.8, 4) is 0 Å². The number of aromatic nitrogens is 1. The molecule has 0 fully saturated rings.